The number of hydrogen-bond acceptors (Lipinski definition) is 3. The molecule has 0 radical (unpaired) electrons. The van der Waals surface area contributed by atoms with Gasteiger partial charge in [-0.15, -0.1) is 0 Å². The largest absolute Gasteiger partial charge is 0.330 e. The van der Waals surface area contributed by atoms with Gasteiger partial charge in [0.1, 0.15) is 11.6 Å². The average molecular weight is 396 g/mol. The lowest BCUT2D eigenvalue weighted by Crippen LogP contribution is -2.35. The van der Waals surface area contributed by atoms with Crippen molar-refractivity contribution in [1.29, 1.82) is 0 Å². The van der Waals surface area contributed by atoms with Crippen LogP contribution in [0.25, 0.3) is 10.9 Å². The van der Waals surface area contributed by atoms with E-state index in [1.807, 2.05) is 0 Å². The number of carbonyl (C=O) groups is 2. The fourth-order valence-corrected chi connectivity index (χ4v) is 3.62. The molecule has 1 aliphatic rings. The maximum absolute atomic E-state index is 14.4. The van der Waals surface area contributed by atoms with Crippen molar-refractivity contribution in [1.82, 2.24) is 15.5 Å². The summed E-state index contributed by atoms with van der Waals surface area (Å²) in [6.45, 7) is 3.23. The number of allylic oxidation sites excluding steroid dienone is 1. The van der Waals surface area contributed by atoms with Gasteiger partial charge in [-0.25, -0.2) is 8.78 Å². The first-order valence-electron chi connectivity index (χ1n) is 9.04. The van der Waals surface area contributed by atoms with Crippen LogP contribution in [0.5, 0.6) is 0 Å². The topological polar surface area (TPSA) is 86.9 Å². The summed E-state index contributed by atoms with van der Waals surface area (Å²) < 4.78 is 28.1. The van der Waals surface area contributed by atoms with Crippen molar-refractivity contribution < 1.29 is 18.4 Å². The zero-order chi connectivity index (χ0) is 20.7. The minimum absolute atomic E-state index is 0.00939. The lowest BCUT2D eigenvalue weighted by Gasteiger charge is -2.27. The van der Waals surface area contributed by atoms with Crippen LogP contribution in [-0.4, -0.2) is 22.0 Å². The van der Waals surface area contributed by atoms with Gasteiger partial charge in [0.05, 0.1) is 17.4 Å². The first-order valence-corrected chi connectivity index (χ1v) is 9.04. The van der Waals surface area contributed by atoms with Crippen molar-refractivity contribution in [3.8, 4) is 0 Å². The SMILES string of the molecule is CC1=C(C(=O)Nc2cc3cn[nH]c3cc2F)C(c2ccc(F)c(C)c2)CC(=O)N1. The standard InChI is InChI=1S/C21H18F2N4O2/c1-10-5-12(3-4-15(10)22)14-7-19(28)25-11(2)20(14)21(29)26-18-6-13-9-24-27-17(13)8-16(18)23/h3-6,8-9,14H,7H2,1-2H3,(H,24,27)(H,25,28)(H,26,29). The minimum atomic E-state index is -0.609. The van der Waals surface area contributed by atoms with Gasteiger partial charge in [0.2, 0.25) is 5.91 Å². The number of aromatic amines is 1. The van der Waals surface area contributed by atoms with Crippen LogP contribution in [0.2, 0.25) is 0 Å². The van der Waals surface area contributed by atoms with Crippen LogP contribution in [0.4, 0.5) is 14.5 Å². The molecule has 1 aliphatic heterocycles. The van der Waals surface area contributed by atoms with Crippen molar-refractivity contribution in [2.45, 2.75) is 26.2 Å². The number of fused-ring (bicyclic) bond motifs is 1. The van der Waals surface area contributed by atoms with Crippen molar-refractivity contribution in [3.63, 3.8) is 0 Å². The van der Waals surface area contributed by atoms with Crippen molar-refractivity contribution in [3.05, 3.63) is 70.6 Å². The van der Waals surface area contributed by atoms with Crippen LogP contribution < -0.4 is 10.6 Å². The summed E-state index contributed by atoms with van der Waals surface area (Å²) in [7, 11) is 0. The van der Waals surface area contributed by atoms with Crippen LogP contribution >= 0.6 is 0 Å². The van der Waals surface area contributed by atoms with Crippen LogP contribution in [-0.2, 0) is 9.59 Å². The maximum Gasteiger partial charge on any atom is 0.254 e. The fourth-order valence-electron chi connectivity index (χ4n) is 3.62. The predicted octanol–water partition coefficient (Wildman–Crippen LogP) is 3.67. The number of H-pyrrole nitrogens is 1. The molecule has 3 N–H and O–H groups in total. The Labute approximate surface area is 165 Å². The van der Waals surface area contributed by atoms with Gasteiger partial charge >= 0.3 is 0 Å². The van der Waals surface area contributed by atoms with Crippen LogP contribution in [0.1, 0.15) is 30.4 Å². The highest BCUT2D eigenvalue weighted by molar-refractivity contribution is 6.07. The molecule has 0 bridgehead atoms. The van der Waals surface area contributed by atoms with Gasteiger partial charge in [0.25, 0.3) is 5.91 Å². The number of halogens is 2. The van der Waals surface area contributed by atoms with Gasteiger partial charge < -0.3 is 10.6 Å². The lowest BCUT2D eigenvalue weighted by atomic mass is 9.83. The molecule has 6 nitrogen and oxygen atoms in total. The van der Waals surface area contributed by atoms with Crippen LogP contribution in [0, 0.1) is 18.6 Å². The monoisotopic (exact) mass is 396 g/mol. The molecular weight excluding hydrogens is 378 g/mol. The number of anilines is 1. The Bertz CT molecular complexity index is 1180. The zero-order valence-electron chi connectivity index (χ0n) is 15.8. The van der Waals surface area contributed by atoms with E-state index < -0.39 is 17.6 Å². The molecule has 0 fully saturated rings. The highest BCUT2D eigenvalue weighted by Crippen LogP contribution is 2.34. The number of aryl methyl sites for hydroxylation is 1. The molecule has 0 saturated heterocycles. The molecule has 148 valence electrons. The Balaban J connectivity index is 1.71. The summed E-state index contributed by atoms with van der Waals surface area (Å²) in [4.78, 5) is 25.1. The molecule has 0 saturated carbocycles. The van der Waals surface area contributed by atoms with E-state index in [1.165, 1.54) is 24.4 Å². The summed E-state index contributed by atoms with van der Waals surface area (Å²) in [5.41, 5.74) is 2.28. The number of hydrogen-bond donors (Lipinski definition) is 3. The molecular formula is C21H18F2N4O2. The highest BCUT2D eigenvalue weighted by Gasteiger charge is 2.32. The third kappa shape index (κ3) is 3.49. The number of carbonyl (C=O) groups excluding carboxylic acids is 2. The Hall–Kier alpha value is -3.55. The van der Waals surface area contributed by atoms with Gasteiger partial charge in [-0.2, -0.15) is 5.10 Å². The molecule has 0 spiro atoms. The number of nitrogens with zero attached hydrogens (tertiary/aromatic N) is 1. The third-order valence-electron chi connectivity index (χ3n) is 5.07. The molecule has 1 aromatic heterocycles. The van der Waals surface area contributed by atoms with Crippen molar-refractivity contribution in [2.24, 2.45) is 0 Å². The molecule has 4 rings (SSSR count). The maximum atomic E-state index is 14.4. The molecule has 1 atom stereocenters. The van der Waals surface area contributed by atoms with Crippen molar-refractivity contribution >= 4 is 28.4 Å². The molecule has 2 aromatic carbocycles. The quantitative estimate of drug-likeness (QED) is 0.631. The summed E-state index contributed by atoms with van der Waals surface area (Å²) in [5, 5.41) is 12.4. The first kappa shape index (κ1) is 18.8. The van der Waals surface area contributed by atoms with Gasteiger partial charge in [-0.1, -0.05) is 12.1 Å². The van der Waals surface area contributed by atoms with Gasteiger partial charge in [0, 0.05) is 35.1 Å². The molecule has 0 aliphatic carbocycles. The molecule has 2 heterocycles. The second-order valence-electron chi connectivity index (χ2n) is 7.10. The van der Waals surface area contributed by atoms with E-state index in [1.54, 1.807) is 26.0 Å². The normalized spacial score (nSPS) is 16.8. The van der Waals surface area contributed by atoms with E-state index in [9.17, 15) is 18.4 Å². The Morgan fingerprint density at radius 3 is 2.72 bits per heavy atom. The number of aromatic nitrogens is 2. The second-order valence-corrected chi connectivity index (χ2v) is 7.10. The second kappa shape index (κ2) is 7.12. The predicted molar refractivity (Wildman–Crippen MR) is 104 cm³/mol. The number of amides is 2. The summed E-state index contributed by atoms with van der Waals surface area (Å²) >= 11 is 0. The van der Waals surface area contributed by atoms with E-state index in [0.717, 1.165) is 0 Å². The summed E-state index contributed by atoms with van der Waals surface area (Å²) in [6, 6.07) is 7.24. The van der Waals surface area contributed by atoms with Gasteiger partial charge in [0.15, 0.2) is 0 Å². The third-order valence-corrected chi connectivity index (χ3v) is 5.07. The number of nitrogens with one attached hydrogen (secondary N) is 3. The van der Waals surface area contributed by atoms with Crippen LogP contribution in [0.15, 0.2) is 47.8 Å². The van der Waals surface area contributed by atoms with E-state index in [0.29, 0.717) is 33.3 Å². The Kier molecular flexibility index (Phi) is 4.62. The molecule has 1 unspecified atom stereocenters. The Morgan fingerprint density at radius 1 is 1.17 bits per heavy atom. The number of benzene rings is 2. The van der Waals surface area contributed by atoms with E-state index in [4.69, 9.17) is 0 Å². The van der Waals surface area contributed by atoms with E-state index in [2.05, 4.69) is 20.8 Å². The highest BCUT2D eigenvalue weighted by atomic mass is 19.1. The van der Waals surface area contributed by atoms with Gasteiger partial charge in [-0.3, -0.25) is 14.7 Å². The fraction of sp³-hybridized carbons (Fsp3) is 0.190. The average Bonchev–Trinajstić information content (AvgIpc) is 3.10. The summed E-state index contributed by atoms with van der Waals surface area (Å²) in [6.07, 6.45) is 1.56. The zero-order valence-corrected chi connectivity index (χ0v) is 15.8. The lowest BCUT2D eigenvalue weighted by molar-refractivity contribution is -0.121. The minimum Gasteiger partial charge on any atom is -0.330 e. The molecule has 3 aromatic rings. The molecule has 8 heteroatoms. The smallest absolute Gasteiger partial charge is 0.254 e. The van der Waals surface area contributed by atoms with Crippen LogP contribution in [0.3, 0.4) is 0 Å². The number of rotatable bonds is 3. The molecule has 29 heavy (non-hydrogen) atoms. The summed E-state index contributed by atoms with van der Waals surface area (Å²) in [5.74, 6) is -2.31. The first-order chi connectivity index (χ1) is 13.8. The Morgan fingerprint density at radius 2 is 1.97 bits per heavy atom. The van der Waals surface area contributed by atoms with E-state index >= 15 is 0 Å². The van der Waals surface area contributed by atoms with Gasteiger partial charge in [-0.05, 0) is 37.1 Å². The van der Waals surface area contributed by atoms with E-state index in [-0.39, 0.29) is 23.8 Å². The molecule has 2 amide bonds. The van der Waals surface area contributed by atoms with Crippen molar-refractivity contribution in [2.75, 3.05) is 5.32 Å².